The minimum atomic E-state index is 0.233. The van der Waals surface area contributed by atoms with Gasteiger partial charge < -0.3 is 5.32 Å². The molecule has 2 rings (SSSR count). The van der Waals surface area contributed by atoms with Crippen LogP contribution in [0.2, 0.25) is 0 Å². The molecule has 0 amide bonds. The van der Waals surface area contributed by atoms with Crippen LogP contribution >= 0.6 is 0 Å². The van der Waals surface area contributed by atoms with Gasteiger partial charge >= 0.3 is 0 Å². The largest absolute Gasteiger partial charge is 0.312 e. The van der Waals surface area contributed by atoms with Crippen molar-refractivity contribution in [1.29, 1.82) is 0 Å². The summed E-state index contributed by atoms with van der Waals surface area (Å²) in [5, 5.41) is 3.54. The van der Waals surface area contributed by atoms with E-state index in [4.69, 9.17) is 0 Å². The van der Waals surface area contributed by atoms with Gasteiger partial charge in [-0.15, -0.1) is 0 Å². The monoisotopic (exact) mass is 281 g/mol. The number of unbranched alkanes of at least 4 members (excludes halogenated alkanes) is 1. The molecule has 0 aliphatic heterocycles. The molecule has 2 aromatic rings. The Balaban J connectivity index is 1.78. The van der Waals surface area contributed by atoms with Gasteiger partial charge in [-0.2, -0.15) is 0 Å². The highest BCUT2D eigenvalue weighted by molar-refractivity contribution is 5.63. The van der Waals surface area contributed by atoms with Crippen LogP contribution < -0.4 is 5.32 Å². The molecule has 0 aliphatic carbocycles. The zero-order chi connectivity index (χ0) is 15.1. The summed E-state index contributed by atoms with van der Waals surface area (Å²) in [6, 6.07) is 19.6. The third-order valence-electron chi connectivity index (χ3n) is 3.61. The molecule has 0 saturated heterocycles. The summed E-state index contributed by atoms with van der Waals surface area (Å²) in [4.78, 5) is 0. The lowest BCUT2D eigenvalue weighted by Gasteiger charge is -2.20. The van der Waals surface area contributed by atoms with E-state index in [1.165, 1.54) is 36.0 Å². The number of hydrogen-bond donors (Lipinski definition) is 1. The molecule has 1 N–H and O–H groups in total. The summed E-state index contributed by atoms with van der Waals surface area (Å²) >= 11 is 0. The van der Waals surface area contributed by atoms with E-state index in [1.807, 2.05) is 0 Å². The lowest BCUT2D eigenvalue weighted by molar-refractivity contribution is 0.419. The molecule has 0 spiro atoms. The van der Waals surface area contributed by atoms with Gasteiger partial charge in [0.25, 0.3) is 0 Å². The van der Waals surface area contributed by atoms with E-state index in [-0.39, 0.29) is 5.54 Å². The topological polar surface area (TPSA) is 12.0 Å². The predicted molar refractivity (Wildman–Crippen MR) is 92.6 cm³/mol. The van der Waals surface area contributed by atoms with Crippen molar-refractivity contribution in [2.24, 2.45) is 0 Å². The van der Waals surface area contributed by atoms with E-state index in [0.29, 0.717) is 0 Å². The van der Waals surface area contributed by atoms with Gasteiger partial charge in [0.2, 0.25) is 0 Å². The van der Waals surface area contributed by atoms with Crippen LogP contribution in [0, 0.1) is 0 Å². The lowest BCUT2D eigenvalue weighted by Crippen LogP contribution is -2.36. The first-order valence-electron chi connectivity index (χ1n) is 7.94. The van der Waals surface area contributed by atoms with Crippen molar-refractivity contribution in [2.45, 2.75) is 45.6 Å². The van der Waals surface area contributed by atoms with Crippen LogP contribution in [0.15, 0.2) is 54.6 Å². The van der Waals surface area contributed by atoms with Crippen molar-refractivity contribution in [3.63, 3.8) is 0 Å². The molecule has 0 aromatic heterocycles. The van der Waals surface area contributed by atoms with E-state index < -0.39 is 0 Å². The summed E-state index contributed by atoms with van der Waals surface area (Å²) < 4.78 is 0. The highest BCUT2D eigenvalue weighted by Gasteiger charge is 2.07. The van der Waals surface area contributed by atoms with Crippen LogP contribution in [0.25, 0.3) is 11.1 Å². The standard InChI is InChI=1S/C20H27N/c1-20(2,3)21-16-8-7-9-17-12-14-19(15-13-17)18-10-5-4-6-11-18/h4-6,10-15,21H,7-9,16H2,1-3H3. The predicted octanol–water partition coefficient (Wildman–Crippen LogP) is 5.06. The molecule has 2 aromatic carbocycles. The first kappa shape index (κ1) is 15.8. The molecule has 112 valence electrons. The molecule has 0 aliphatic rings. The summed E-state index contributed by atoms with van der Waals surface area (Å²) in [6.07, 6.45) is 3.65. The Hall–Kier alpha value is -1.60. The Morgan fingerprint density at radius 1 is 0.762 bits per heavy atom. The zero-order valence-electron chi connectivity index (χ0n) is 13.5. The molecule has 0 bridgehead atoms. The third kappa shape index (κ3) is 5.73. The average molecular weight is 281 g/mol. The van der Waals surface area contributed by atoms with E-state index in [9.17, 15) is 0 Å². The van der Waals surface area contributed by atoms with Crippen molar-refractivity contribution in [3.8, 4) is 11.1 Å². The van der Waals surface area contributed by atoms with Gasteiger partial charge in [0, 0.05) is 5.54 Å². The van der Waals surface area contributed by atoms with Gasteiger partial charge in [-0.3, -0.25) is 0 Å². The molecular weight excluding hydrogens is 254 g/mol. The van der Waals surface area contributed by atoms with Crippen LogP contribution in [0.1, 0.15) is 39.2 Å². The van der Waals surface area contributed by atoms with Gasteiger partial charge in [-0.1, -0.05) is 54.6 Å². The summed E-state index contributed by atoms with van der Waals surface area (Å²) in [6.45, 7) is 7.76. The fourth-order valence-corrected chi connectivity index (χ4v) is 2.41. The minimum Gasteiger partial charge on any atom is -0.312 e. The van der Waals surface area contributed by atoms with Crippen molar-refractivity contribution < 1.29 is 0 Å². The van der Waals surface area contributed by atoms with E-state index in [0.717, 1.165) is 6.54 Å². The lowest BCUT2D eigenvalue weighted by atomic mass is 10.0. The molecule has 1 heteroatoms. The van der Waals surface area contributed by atoms with Crippen molar-refractivity contribution in [2.75, 3.05) is 6.54 Å². The minimum absolute atomic E-state index is 0.233. The quantitative estimate of drug-likeness (QED) is 0.729. The first-order chi connectivity index (χ1) is 10.0. The average Bonchev–Trinajstić information content (AvgIpc) is 2.47. The molecule has 0 atom stereocenters. The van der Waals surface area contributed by atoms with E-state index in [1.54, 1.807) is 0 Å². The SMILES string of the molecule is CC(C)(C)NCCCCc1ccc(-c2ccccc2)cc1. The van der Waals surface area contributed by atoms with Gasteiger partial charge in [-0.25, -0.2) is 0 Å². The highest BCUT2D eigenvalue weighted by atomic mass is 14.9. The van der Waals surface area contributed by atoms with Crippen molar-refractivity contribution >= 4 is 0 Å². The third-order valence-corrected chi connectivity index (χ3v) is 3.61. The van der Waals surface area contributed by atoms with Crippen molar-refractivity contribution in [1.82, 2.24) is 5.32 Å². The van der Waals surface area contributed by atoms with Gasteiger partial charge in [-0.05, 0) is 63.3 Å². The van der Waals surface area contributed by atoms with Crippen molar-refractivity contribution in [3.05, 3.63) is 60.2 Å². The fourth-order valence-electron chi connectivity index (χ4n) is 2.41. The normalized spacial score (nSPS) is 11.6. The van der Waals surface area contributed by atoms with Gasteiger partial charge in [0.1, 0.15) is 0 Å². The van der Waals surface area contributed by atoms with Gasteiger partial charge in [0.15, 0.2) is 0 Å². The van der Waals surface area contributed by atoms with Crippen LogP contribution in [0.3, 0.4) is 0 Å². The number of aryl methyl sites for hydroxylation is 1. The summed E-state index contributed by atoms with van der Waals surface area (Å²) in [5.74, 6) is 0. The molecule has 0 fully saturated rings. The molecule has 0 heterocycles. The molecule has 21 heavy (non-hydrogen) atoms. The maximum Gasteiger partial charge on any atom is 0.00965 e. The first-order valence-corrected chi connectivity index (χ1v) is 7.94. The fraction of sp³-hybridized carbons (Fsp3) is 0.400. The van der Waals surface area contributed by atoms with Crippen LogP contribution in [-0.4, -0.2) is 12.1 Å². The molecule has 0 saturated carbocycles. The Kier molecular flexibility index (Phi) is 5.58. The second-order valence-corrected chi connectivity index (χ2v) is 6.70. The summed E-state index contributed by atoms with van der Waals surface area (Å²) in [5.41, 5.74) is 4.26. The van der Waals surface area contributed by atoms with Crippen LogP contribution in [0.5, 0.6) is 0 Å². The molecular formula is C20H27N. The Morgan fingerprint density at radius 2 is 1.38 bits per heavy atom. The number of rotatable bonds is 6. The zero-order valence-corrected chi connectivity index (χ0v) is 13.5. The van der Waals surface area contributed by atoms with Crippen LogP contribution in [-0.2, 0) is 6.42 Å². The van der Waals surface area contributed by atoms with E-state index in [2.05, 4.69) is 80.7 Å². The smallest absolute Gasteiger partial charge is 0.00965 e. The second-order valence-electron chi connectivity index (χ2n) is 6.70. The second kappa shape index (κ2) is 7.42. The maximum absolute atomic E-state index is 3.54. The number of hydrogen-bond acceptors (Lipinski definition) is 1. The molecule has 0 unspecified atom stereocenters. The van der Waals surface area contributed by atoms with E-state index >= 15 is 0 Å². The molecule has 0 radical (unpaired) electrons. The number of nitrogens with one attached hydrogen (secondary N) is 1. The highest BCUT2D eigenvalue weighted by Crippen LogP contribution is 2.19. The van der Waals surface area contributed by atoms with Gasteiger partial charge in [0.05, 0.1) is 0 Å². The Bertz CT molecular complexity index is 520. The maximum atomic E-state index is 3.54. The summed E-state index contributed by atoms with van der Waals surface area (Å²) in [7, 11) is 0. The Morgan fingerprint density at radius 3 is 2.00 bits per heavy atom. The number of benzene rings is 2. The Labute approximate surface area is 129 Å². The van der Waals surface area contributed by atoms with Crippen LogP contribution in [0.4, 0.5) is 0 Å². The molecule has 1 nitrogen and oxygen atoms in total.